The highest BCUT2D eigenvalue weighted by atomic mass is 35.5. The van der Waals surface area contributed by atoms with Crippen molar-refractivity contribution in [3.8, 4) is 6.07 Å². The van der Waals surface area contributed by atoms with Crippen LogP contribution in [0.3, 0.4) is 0 Å². The maximum atomic E-state index is 12.3. The maximum absolute atomic E-state index is 12.3. The van der Waals surface area contributed by atoms with Crippen LogP contribution in [0.2, 0.25) is 5.15 Å². The molecule has 1 aromatic heterocycles. The van der Waals surface area contributed by atoms with E-state index in [1.807, 2.05) is 0 Å². The molecule has 0 bridgehead atoms. The minimum atomic E-state index is -0.609. The Balaban J connectivity index is 3.27. The molecule has 46 valence electrons. The van der Waals surface area contributed by atoms with Crippen molar-refractivity contribution in [3.63, 3.8) is 0 Å². The van der Waals surface area contributed by atoms with Crippen LogP contribution >= 0.6 is 11.6 Å². The largest absolute Gasteiger partial charge is 0.349 e. The van der Waals surface area contributed by atoms with Crippen molar-refractivity contribution in [1.82, 2.24) is 4.98 Å². The molecule has 0 aliphatic carbocycles. The molecule has 0 aliphatic heterocycles. The van der Waals surface area contributed by atoms with E-state index in [4.69, 9.17) is 16.9 Å². The number of halogens is 2. The van der Waals surface area contributed by atoms with Gasteiger partial charge in [0.2, 0.25) is 0 Å². The van der Waals surface area contributed by atoms with Gasteiger partial charge in [0.15, 0.2) is 5.82 Å². The first-order valence-electron chi connectivity index (χ1n) is 2.18. The standard InChI is InChI=1S/C5H2ClFN2/c6-5-3(1-8)4(7)2-9-5/h2,9H. The predicted molar refractivity (Wildman–Crippen MR) is 30.5 cm³/mol. The lowest BCUT2D eigenvalue weighted by Crippen LogP contribution is -1.72. The first kappa shape index (κ1) is 6.12. The SMILES string of the molecule is N#Cc1c(F)c[nH]c1Cl. The summed E-state index contributed by atoms with van der Waals surface area (Å²) in [6.07, 6.45) is 1.04. The summed E-state index contributed by atoms with van der Waals surface area (Å²) in [6, 6.07) is 1.61. The summed E-state index contributed by atoms with van der Waals surface area (Å²) in [5.74, 6) is -0.609. The van der Waals surface area contributed by atoms with Crippen molar-refractivity contribution in [2.75, 3.05) is 0 Å². The Kier molecular flexibility index (Phi) is 1.41. The Bertz CT molecular complexity index is 241. The molecule has 9 heavy (non-hydrogen) atoms. The molecule has 1 heterocycles. The third-order valence-electron chi connectivity index (χ3n) is 0.896. The van der Waals surface area contributed by atoms with E-state index in [0.717, 1.165) is 6.20 Å². The zero-order valence-corrected chi connectivity index (χ0v) is 5.04. The summed E-state index contributed by atoms with van der Waals surface area (Å²) in [7, 11) is 0. The van der Waals surface area contributed by atoms with E-state index in [2.05, 4.69) is 4.98 Å². The highest BCUT2D eigenvalue weighted by Gasteiger charge is 2.06. The number of hydrogen-bond acceptors (Lipinski definition) is 1. The monoisotopic (exact) mass is 144 g/mol. The first-order chi connectivity index (χ1) is 4.25. The van der Waals surface area contributed by atoms with Gasteiger partial charge in [0.05, 0.1) is 0 Å². The smallest absolute Gasteiger partial charge is 0.159 e. The van der Waals surface area contributed by atoms with Crippen LogP contribution in [0.5, 0.6) is 0 Å². The number of H-pyrrole nitrogens is 1. The fourth-order valence-electron chi connectivity index (χ4n) is 0.478. The molecule has 0 aliphatic rings. The molecule has 0 unspecified atom stereocenters. The van der Waals surface area contributed by atoms with Crippen LogP contribution in [0.25, 0.3) is 0 Å². The maximum Gasteiger partial charge on any atom is 0.159 e. The van der Waals surface area contributed by atoms with Gasteiger partial charge in [0.1, 0.15) is 16.8 Å². The van der Waals surface area contributed by atoms with Gasteiger partial charge in [-0.1, -0.05) is 11.6 Å². The van der Waals surface area contributed by atoms with Crippen molar-refractivity contribution in [2.45, 2.75) is 0 Å². The minimum Gasteiger partial charge on any atom is -0.349 e. The van der Waals surface area contributed by atoms with Gasteiger partial charge in [-0.25, -0.2) is 4.39 Å². The van der Waals surface area contributed by atoms with Crippen LogP contribution in [0.4, 0.5) is 4.39 Å². The topological polar surface area (TPSA) is 39.6 Å². The van der Waals surface area contributed by atoms with Crippen LogP contribution < -0.4 is 0 Å². The normalized spacial score (nSPS) is 9.00. The Morgan fingerprint density at radius 2 is 2.44 bits per heavy atom. The lowest BCUT2D eigenvalue weighted by Gasteiger charge is -1.78. The molecule has 1 N–H and O–H groups in total. The predicted octanol–water partition coefficient (Wildman–Crippen LogP) is 1.68. The Morgan fingerprint density at radius 1 is 1.78 bits per heavy atom. The van der Waals surface area contributed by atoms with Crippen LogP contribution in [-0.4, -0.2) is 4.98 Å². The third-order valence-corrected chi connectivity index (χ3v) is 1.19. The zero-order chi connectivity index (χ0) is 6.85. The molecule has 0 saturated heterocycles. The second kappa shape index (κ2) is 2.08. The lowest BCUT2D eigenvalue weighted by molar-refractivity contribution is 0.626. The van der Waals surface area contributed by atoms with E-state index in [0.29, 0.717) is 0 Å². The van der Waals surface area contributed by atoms with Crippen molar-refractivity contribution < 1.29 is 4.39 Å². The van der Waals surface area contributed by atoms with E-state index in [1.165, 1.54) is 0 Å². The van der Waals surface area contributed by atoms with Crippen molar-refractivity contribution >= 4 is 11.6 Å². The number of aromatic amines is 1. The molecule has 2 nitrogen and oxygen atoms in total. The second-order valence-corrected chi connectivity index (χ2v) is 1.82. The van der Waals surface area contributed by atoms with E-state index in [1.54, 1.807) is 6.07 Å². The molecule has 1 aromatic rings. The summed E-state index contributed by atoms with van der Waals surface area (Å²) in [5, 5.41) is 8.24. The summed E-state index contributed by atoms with van der Waals surface area (Å²) < 4.78 is 12.3. The van der Waals surface area contributed by atoms with Crippen LogP contribution in [0, 0.1) is 17.1 Å². The second-order valence-electron chi connectivity index (χ2n) is 1.44. The van der Waals surface area contributed by atoms with E-state index < -0.39 is 5.82 Å². The van der Waals surface area contributed by atoms with Gasteiger partial charge in [0, 0.05) is 6.20 Å². The highest BCUT2D eigenvalue weighted by molar-refractivity contribution is 6.30. The summed E-state index contributed by atoms with van der Waals surface area (Å²) in [4.78, 5) is 2.36. The average Bonchev–Trinajstić information content (AvgIpc) is 2.12. The van der Waals surface area contributed by atoms with Crippen LogP contribution in [0.1, 0.15) is 5.56 Å². The zero-order valence-electron chi connectivity index (χ0n) is 4.28. The number of rotatable bonds is 0. The summed E-state index contributed by atoms with van der Waals surface area (Å²) >= 11 is 5.33. The molecule has 0 aromatic carbocycles. The molecular formula is C5H2ClFN2. The van der Waals surface area contributed by atoms with Gasteiger partial charge < -0.3 is 4.98 Å². The molecular weight excluding hydrogens is 143 g/mol. The van der Waals surface area contributed by atoms with Crippen LogP contribution in [0.15, 0.2) is 6.20 Å². The molecule has 0 saturated carbocycles. The van der Waals surface area contributed by atoms with Crippen LogP contribution in [-0.2, 0) is 0 Å². The van der Waals surface area contributed by atoms with Crippen molar-refractivity contribution in [2.24, 2.45) is 0 Å². The van der Waals surface area contributed by atoms with Gasteiger partial charge in [-0.15, -0.1) is 0 Å². The fraction of sp³-hybridized carbons (Fsp3) is 0. The summed E-state index contributed by atoms with van der Waals surface area (Å²) in [6.45, 7) is 0. The molecule has 0 amide bonds. The van der Waals surface area contributed by atoms with Gasteiger partial charge >= 0.3 is 0 Å². The third kappa shape index (κ3) is 0.889. The van der Waals surface area contributed by atoms with Gasteiger partial charge in [-0.2, -0.15) is 5.26 Å². The average molecular weight is 145 g/mol. The van der Waals surface area contributed by atoms with E-state index >= 15 is 0 Å². The Labute approximate surface area is 55.9 Å². The first-order valence-corrected chi connectivity index (χ1v) is 2.56. The lowest BCUT2D eigenvalue weighted by atomic mass is 10.4. The van der Waals surface area contributed by atoms with Gasteiger partial charge in [-0.3, -0.25) is 0 Å². The minimum absolute atomic E-state index is 0.0509. The molecule has 4 heteroatoms. The van der Waals surface area contributed by atoms with Crippen molar-refractivity contribution in [3.05, 3.63) is 22.7 Å². The number of hydrogen-bond donors (Lipinski definition) is 1. The van der Waals surface area contributed by atoms with E-state index in [-0.39, 0.29) is 10.7 Å². The molecule has 0 fully saturated rings. The summed E-state index contributed by atoms with van der Waals surface area (Å²) in [5.41, 5.74) is -0.128. The fourth-order valence-corrected chi connectivity index (χ4v) is 0.665. The molecule has 0 radical (unpaired) electrons. The van der Waals surface area contributed by atoms with Crippen molar-refractivity contribution in [1.29, 1.82) is 5.26 Å². The molecule has 0 atom stereocenters. The Morgan fingerprint density at radius 3 is 2.67 bits per heavy atom. The number of nitrogens with zero attached hydrogens (tertiary/aromatic N) is 1. The number of nitriles is 1. The number of nitrogens with one attached hydrogen (secondary N) is 1. The number of aromatic nitrogens is 1. The van der Waals surface area contributed by atoms with Gasteiger partial charge in [0.25, 0.3) is 0 Å². The van der Waals surface area contributed by atoms with Gasteiger partial charge in [-0.05, 0) is 0 Å². The quantitative estimate of drug-likeness (QED) is 0.591. The molecule has 1 rings (SSSR count). The molecule has 0 spiro atoms. The Hall–Kier alpha value is -1.01. The highest BCUT2D eigenvalue weighted by Crippen LogP contribution is 2.15. The van der Waals surface area contributed by atoms with E-state index in [9.17, 15) is 4.39 Å².